The first-order valence-corrected chi connectivity index (χ1v) is 7.31. The lowest BCUT2D eigenvalue weighted by Crippen LogP contribution is -2.55. The fourth-order valence-electron chi connectivity index (χ4n) is 3.55. The number of halogens is 1. The Kier molecular flexibility index (Phi) is 4.68. The van der Waals surface area contributed by atoms with Crippen molar-refractivity contribution in [2.75, 3.05) is 6.54 Å². The van der Waals surface area contributed by atoms with Gasteiger partial charge in [0.2, 0.25) is 0 Å². The van der Waals surface area contributed by atoms with Gasteiger partial charge in [0.15, 0.2) is 0 Å². The van der Waals surface area contributed by atoms with Gasteiger partial charge in [0, 0.05) is 18.1 Å². The highest BCUT2D eigenvalue weighted by Crippen LogP contribution is 2.38. The van der Waals surface area contributed by atoms with Crippen molar-refractivity contribution in [2.45, 2.75) is 57.5 Å². The number of likely N-dealkylation sites (tertiary alicyclic amines) is 1. The molecule has 18 heavy (non-hydrogen) atoms. The zero-order chi connectivity index (χ0) is 13.1. The van der Waals surface area contributed by atoms with Crippen molar-refractivity contribution in [3.8, 4) is 0 Å². The summed E-state index contributed by atoms with van der Waals surface area (Å²) in [7, 11) is 0. The minimum Gasteiger partial charge on any atom is -0.480 e. The molecule has 0 amide bonds. The molecular weight excluding hydrogens is 250 g/mol. The van der Waals surface area contributed by atoms with Gasteiger partial charge in [0.05, 0.1) is 0 Å². The third-order valence-electron chi connectivity index (χ3n) is 4.41. The molecule has 1 N–H and O–H groups in total. The molecular formula is C14H22ClNO2. The largest absolute Gasteiger partial charge is 0.480 e. The van der Waals surface area contributed by atoms with Crippen LogP contribution in [-0.4, -0.2) is 34.6 Å². The maximum atomic E-state index is 11.4. The van der Waals surface area contributed by atoms with Gasteiger partial charge in [-0.1, -0.05) is 24.4 Å². The lowest BCUT2D eigenvalue weighted by atomic mass is 9.76. The molecule has 1 aliphatic heterocycles. The maximum absolute atomic E-state index is 11.4. The molecule has 1 saturated heterocycles. The molecule has 0 aromatic carbocycles. The normalized spacial score (nSPS) is 34.1. The van der Waals surface area contributed by atoms with Gasteiger partial charge in [0.25, 0.3) is 0 Å². The van der Waals surface area contributed by atoms with E-state index in [1.54, 1.807) is 5.54 Å². The summed E-state index contributed by atoms with van der Waals surface area (Å²) in [5.74, 6) is 0.0128. The molecule has 3 nitrogen and oxygen atoms in total. The number of rotatable bonds is 3. The Hall–Kier alpha value is -0.540. The van der Waals surface area contributed by atoms with E-state index in [1.807, 2.05) is 6.92 Å². The third-order valence-corrected chi connectivity index (χ3v) is 4.78. The van der Waals surface area contributed by atoms with E-state index in [2.05, 4.69) is 4.90 Å². The molecule has 102 valence electrons. The molecule has 0 bridgehead atoms. The average molecular weight is 272 g/mol. The van der Waals surface area contributed by atoms with Crippen molar-refractivity contribution in [3.63, 3.8) is 0 Å². The summed E-state index contributed by atoms with van der Waals surface area (Å²) in [5, 5.41) is 9.39. The summed E-state index contributed by atoms with van der Waals surface area (Å²) in [6.07, 6.45) is 6.79. The summed E-state index contributed by atoms with van der Waals surface area (Å²) in [4.78, 5) is 13.6. The SMILES string of the molecule is CC(=CCl)CN1C(C(=O)O)CCC2CCCCC21. The Morgan fingerprint density at radius 2 is 2.06 bits per heavy atom. The Morgan fingerprint density at radius 1 is 1.33 bits per heavy atom. The molecule has 1 heterocycles. The number of piperidine rings is 1. The number of carboxylic acid groups (broad SMARTS) is 1. The molecule has 2 fully saturated rings. The number of hydrogen-bond donors (Lipinski definition) is 1. The van der Waals surface area contributed by atoms with Gasteiger partial charge in [-0.2, -0.15) is 0 Å². The lowest BCUT2D eigenvalue weighted by molar-refractivity contribution is -0.147. The fourth-order valence-corrected chi connectivity index (χ4v) is 3.61. The zero-order valence-corrected chi connectivity index (χ0v) is 11.7. The molecule has 0 radical (unpaired) electrons. The monoisotopic (exact) mass is 271 g/mol. The van der Waals surface area contributed by atoms with Crippen molar-refractivity contribution in [1.29, 1.82) is 0 Å². The lowest BCUT2D eigenvalue weighted by Gasteiger charge is -2.47. The van der Waals surface area contributed by atoms with Crippen LogP contribution in [0.5, 0.6) is 0 Å². The summed E-state index contributed by atoms with van der Waals surface area (Å²) in [6.45, 7) is 2.67. The van der Waals surface area contributed by atoms with Crippen LogP contribution < -0.4 is 0 Å². The fraction of sp³-hybridized carbons (Fsp3) is 0.786. The quantitative estimate of drug-likeness (QED) is 0.857. The van der Waals surface area contributed by atoms with Crippen LogP contribution in [0.3, 0.4) is 0 Å². The highest BCUT2D eigenvalue weighted by molar-refractivity contribution is 6.25. The van der Waals surface area contributed by atoms with E-state index >= 15 is 0 Å². The number of carbonyl (C=O) groups is 1. The van der Waals surface area contributed by atoms with Crippen LogP contribution in [0.25, 0.3) is 0 Å². The van der Waals surface area contributed by atoms with Crippen LogP contribution in [0.2, 0.25) is 0 Å². The predicted molar refractivity (Wildman–Crippen MR) is 72.7 cm³/mol. The first kappa shape index (κ1) is 13.9. The average Bonchev–Trinajstić information content (AvgIpc) is 2.38. The number of carboxylic acids is 1. The maximum Gasteiger partial charge on any atom is 0.320 e. The molecule has 0 aromatic rings. The molecule has 3 atom stereocenters. The highest BCUT2D eigenvalue weighted by atomic mass is 35.5. The summed E-state index contributed by atoms with van der Waals surface area (Å²) in [5.41, 5.74) is 2.62. The van der Waals surface area contributed by atoms with E-state index < -0.39 is 5.97 Å². The van der Waals surface area contributed by atoms with Crippen LogP contribution >= 0.6 is 11.6 Å². The Morgan fingerprint density at radius 3 is 2.72 bits per heavy atom. The second kappa shape index (κ2) is 6.07. The van der Waals surface area contributed by atoms with Gasteiger partial charge in [-0.25, -0.2) is 0 Å². The summed E-state index contributed by atoms with van der Waals surface area (Å²) < 4.78 is 0. The van der Waals surface area contributed by atoms with Crippen molar-refractivity contribution in [3.05, 3.63) is 11.1 Å². The van der Waals surface area contributed by atoms with E-state index in [9.17, 15) is 9.90 Å². The minimum absolute atomic E-state index is 0.323. The molecule has 3 unspecified atom stereocenters. The highest BCUT2D eigenvalue weighted by Gasteiger charge is 2.41. The predicted octanol–water partition coefficient (Wildman–Crippen LogP) is 3.24. The molecule has 1 saturated carbocycles. The van der Waals surface area contributed by atoms with Crippen LogP contribution in [0.1, 0.15) is 45.4 Å². The van der Waals surface area contributed by atoms with Crippen molar-refractivity contribution < 1.29 is 9.90 Å². The summed E-state index contributed by atoms with van der Waals surface area (Å²) >= 11 is 5.74. The molecule has 0 aromatic heterocycles. The second-order valence-corrected chi connectivity index (χ2v) is 5.89. The Balaban J connectivity index is 2.16. The van der Waals surface area contributed by atoms with Crippen molar-refractivity contribution >= 4 is 17.6 Å². The van der Waals surface area contributed by atoms with Gasteiger partial charge >= 0.3 is 5.97 Å². The van der Waals surface area contributed by atoms with E-state index in [0.29, 0.717) is 18.5 Å². The molecule has 0 spiro atoms. The number of aliphatic carboxylic acids is 1. The van der Waals surface area contributed by atoms with E-state index in [-0.39, 0.29) is 6.04 Å². The van der Waals surface area contributed by atoms with Gasteiger partial charge in [-0.15, -0.1) is 0 Å². The van der Waals surface area contributed by atoms with Crippen molar-refractivity contribution in [2.24, 2.45) is 5.92 Å². The van der Waals surface area contributed by atoms with Gasteiger partial charge in [-0.05, 0) is 44.1 Å². The molecule has 2 aliphatic rings. The first-order chi connectivity index (χ1) is 8.63. The number of hydrogen-bond acceptors (Lipinski definition) is 2. The molecule has 4 heteroatoms. The van der Waals surface area contributed by atoms with Gasteiger partial charge in [-0.3, -0.25) is 9.69 Å². The molecule has 2 rings (SSSR count). The standard InChI is InChI=1S/C14H22ClNO2/c1-10(8-15)9-16-12-5-3-2-4-11(12)6-7-13(16)14(17)18/h8,11-13H,2-7,9H2,1H3,(H,17,18). The smallest absolute Gasteiger partial charge is 0.320 e. The number of nitrogens with zero attached hydrogens (tertiary/aromatic N) is 1. The summed E-state index contributed by atoms with van der Waals surface area (Å²) in [6, 6.07) is 0.121. The third kappa shape index (κ3) is 2.89. The van der Waals surface area contributed by atoms with Gasteiger partial charge in [0.1, 0.15) is 6.04 Å². The van der Waals surface area contributed by atoms with Crippen LogP contribution in [0.15, 0.2) is 11.1 Å². The van der Waals surface area contributed by atoms with E-state index in [4.69, 9.17) is 11.6 Å². The molecule has 1 aliphatic carbocycles. The first-order valence-electron chi connectivity index (χ1n) is 6.88. The van der Waals surface area contributed by atoms with Crippen molar-refractivity contribution in [1.82, 2.24) is 4.90 Å². The zero-order valence-electron chi connectivity index (χ0n) is 10.9. The van der Waals surface area contributed by atoms with E-state index in [1.165, 1.54) is 19.3 Å². The van der Waals surface area contributed by atoms with Crippen LogP contribution in [-0.2, 0) is 4.79 Å². The second-order valence-electron chi connectivity index (χ2n) is 5.67. The van der Waals surface area contributed by atoms with Crippen LogP contribution in [0, 0.1) is 5.92 Å². The Bertz CT molecular complexity index is 343. The van der Waals surface area contributed by atoms with E-state index in [0.717, 1.165) is 24.8 Å². The Labute approximate surface area is 114 Å². The van der Waals surface area contributed by atoms with Gasteiger partial charge < -0.3 is 5.11 Å². The minimum atomic E-state index is -0.679. The van der Waals surface area contributed by atoms with Crippen LogP contribution in [0.4, 0.5) is 0 Å². The number of fused-ring (bicyclic) bond motifs is 1. The topological polar surface area (TPSA) is 40.5 Å².